The highest BCUT2D eigenvalue weighted by Crippen LogP contribution is 2.22. The van der Waals surface area contributed by atoms with Gasteiger partial charge in [0.2, 0.25) is 16.8 Å². The summed E-state index contributed by atoms with van der Waals surface area (Å²) in [5.74, 6) is 0.304. The maximum atomic E-state index is 12.7. The zero-order valence-corrected chi connectivity index (χ0v) is 15.5. The van der Waals surface area contributed by atoms with Crippen LogP contribution in [-0.4, -0.2) is 41.0 Å². The van der Waals surface area contributed by atoms with E-state index >= 15 is 0 Å². The lowest BCUT2D eigenvalue weighted by molar-refractivity contribution is -0.113. The first-order valence-electron chi connectivity index (χ1n) is 7.85. The van der Waals surface area contributed by atoms with Gasteiger partial charge >= 0.3 is 0 Å². The van der Waals surface area contributed by atoms with Gasteiger partial charge in [0.1, 0.15) is 5.51 Å². The number of aromatic nitrogens is 6. The molecule has 0 spiro atoms. The number of hydrogen-bond donors (Lipinski definition) is 1. The summed E-state index contributed by atoms with van der Waals surface area (Å²) in [4.78, 5) is 24.8. The molecule has 27 heavy (non-hydrogen) atoms. The van der Waals surface area contributed by atoms with Crippen LogP contribution in [0.1, 0.15) is 0 Å². The van der Waals surface area contributed by atoms with Crippen LogP contribution in [0.15, 0.2) is 52.4 Å². The fourth-order valence-electron chi connectivity index (χ4n) is 2.63. The molecule has 1 aromatic carbocycles. The first-order chi connectivity index (χ1) is 13.2. The quantitative estimate of drug-likeness (QED) is 0.389. The Morgan fingerprint density at radius 2 is 2.15 bits per heavy atom. The van der Waals surface area contributed by atoms with E-state index in [-0.39, 0.29) is 17.2 Å². The Labute approximate surface area is 160 Å². The van der Waals surface area contributed by atoms with Gasteiger partial charge in [-0.2, -0.15) is 0 Å². The molecule has 0 saturated carbocycles. The van der Waals surface area contributed by atoms with Crippen LogP contribution < -0.4 is 10.9 Å². The minimum atomic E-state index is -0.225. The molecule has 0 saturated heterocycles. The molecule has 0 aliphatic rings. The number of carbonyl (C=O) groups is 1. The Morgan fingerprint density at radius 3 is 2.93 bits per heavy atom. The van der Waals surface area contributed by atoms with Gasteiger partial charge in [0.25, 0.3) is 5.56 Å². The average Bonchev–Trinajstić information content (AvgIpc) is 3.33. The molecular formula is C16H13N7O2S2. The molecule has 0 radical (unpaired) electrons. The van der Waals surface area contributed by atoms with E-state index in [9.17, 15) is 9.59 Å². The van der Waals surface area contributed by atoms with Gasteiger partial charge in [-0.3, -0.25) is 23.9 Å². The highest BCUT2D eigenvalue weighted by atomic mass is 32.2. The fraction of sp³-hybridized carbons (Fsp3) is 0.125. The van der Waals surface area contributed by atoms with Crippen LogP contribution in [0.25, 0.3) is 16.7 Å². The maximum Gasteiger partial charge on any atom is 0.263 e. The molecule has 0 bridgehead atoms. The third-order valence-corrected chi connectivity index (χ3v) is 5.26. The normalized spacial score (nSPS) is 11.1. The number of benzene rings is 1. The minimum Gasteiger partial charge on any atom is -0.300 e. The zero-order chi connectivity index (χ0) is 18.8. The van der Waals surface area contributed by atoms with E-state index in [1.165, 1.54) is 27.7 Å². The summed E-state index contributed by atoms with van der Waals surface area (Å²) in [6.07, 6.45) is 1.63. The van der Waals surface area contributed by atoms with Crippen LogP contribution in [0.2, 0.25) is 0 Å². The van der Waals surface area contributed by atoms with Gasteiger partial charge in [0.05, 0.1) is 16.7 Å². The second-order valence-electron chi connectivity index (χ2n) is 5.42. The molecule has 0 aliphatic heterocycles. The molecule has 0 atom stereocenters. The summed E-state index contributed by atoms with van der Waals surface area (Å²) in [6, 6.07) is 7.24. The summed E-state index contributed by atoms with van der Waals surface area (Å²) >= 11 is 2.47. The van der Waals surface area contributed by atoms with Crippen molar-refractivity contribution in [1.29, 1.82) is 0 Å². The Balaban J connectivity index is 1.72. The first-order valence-corrected chi connectivity index (χ1v) is 9.72. The van der Waals surface area contributed by atoms with Crippen molar-refractivity contribution in [1.82, 2.24) is 29.4 Å². The summed E-state index contributed by atoms with van der Waals surface area (Å²) in [5.41, 5.74) is 2.07. The molecular weight excluding hydrogens is 386 g/mol. The molecule has 1 amide bonds. The number of allylic oxidation sites excluding steroid dienone is 1. The van der Waals surface area contributed by atoms with Crippen molar-refractivity contribution < 1.29 is 4.79 Å². The minimum absolute atomic E-state index is 0.120. The molecule has 4 aromatic rings. The molecule has 0 aliphatic carbocycles. The number of nitrogens with one attached hydrogen (secondary N) is 1. The summed E-state index contributed by atoms with van der Waals surface area (Å²) in [5, 5.41) is 20.0. The van der Waals surface area contributed by atoms with Crippen molar-refractivity contribution in [3.63, 3.8) is 0 Å². The average molecular weight is 399 g/mol. The Hall–Kier alpha value is -3.05. The van der Waals surface area contributed by atoms with Gasteiger partial charge in [-0.25, -0.2) is 0 Å². The van der Waals surface area contributed by atoms with Crippen molar-refractivity contribution >= 4 is 50.8 Å². The molecule has 9 nitrogen and oxygen atoms in total. The Morgan fingerprint density at radius 1 is 1.30 bits per heavy atom. The van der Waals surface area contributed by atoms with Gasteiger partial charge in [-0.05, 0) is 12.1 Å². The number of thioether (sulfide) groups is 1. The molecule has 0 unspecified atom stereocenters. The lowest BCUT2D eigenvalue weighted by Gasteiger charge is -2.09. The van der Waals surface area contributed by atoms with Gasteiger partial charge < -0.3 is 0 Å². The maximum absolute atomic E-state index is 12.7. The van der Waals surface area contributed by atoms with E-state index in [0.717, 1.165) is 0 Å². The molecule has 3 aromatic heterocycles. The lowest BCUT2D eigenvalue weighted by Crippen LogP contribution is -2.22. The van der Waals surface area contributed by atoms with E-state index < -0.39 is 0 Å². The second-order valence-corrected chi connectivity index (χ2v) is 7.20. The van der Waals surface area contributed by atoms with E-state index in [1.54, 1.807) is 28.1 Å². The van der Waals surface area contributed by atoms with Crippen LogP contribution >= 0.6 is 23.1 Å². The van der Waals surface area contributed by atoms with E-state index in [4.69, 9.17) is 0 Å². The number of hydrogen-bond acceptors (Lipinski definition) is 8. The standard InChI is InChI=1S/C16H13N7O2S2/c1-2-7-22-13(25)10-5-3-4-6-11(10)23-15(22)20-21-16(23)26-8-12(24)18-14-19-17-9-27-14/h2-6,9H,1,7-8H2,(H,18,19,24). The molecule has 0 fully saturated rings. The molecule has 4 rings (SSSR count). The monoisotopic (exact) mass is 399 g/mol. The zero-order valence-electron chi connectivity index (χ0n) is 13.9. The second kappa shape index (κ2) is 7.29. The van der Waals surface area contributed by atoms with E-state index in [2.05, 4.69) is 32.3 Å². The molecule has 136 valence electrons. The van der Waals surface area contributed by atoms with Gasteiger partial charge in [-0.1, -0.05) is 41.3 Å². The van der Waals surface area contributed by atoms with Crippen molar-refractivity contribution in [2.24, 2.45) is 0 Å². The Bertz CT molecular complexity index is 1200. The number of nitrogens with zero attached hydrogens (tertiary/aromatic N) is 6. The fourth-order valence-corrected chi connectivity index (χ4v) is 3.83. The summed E-state index contributed by atoms with van der Waals surface area (Å²) in [6.45, 7) is 4.01. The Kier molecular flexibility index (Phi) is 4.69. The lowest BCUT2D eigenvalue weighted by atomic mass is 10.2. The molecule has 1 N–H and O–H groups in total. The van der Waals surface area contributed by atoms with Gasteiger partial charge in [-0.15, -0.1) is 27.0 Å². The van der Waals surface area contributed by atoms with Crippen LogP contribution in [0, 0.1) is 0 Å². The number of rotatable bonds is 6. The van der Waals surface area contributed by atoms with Crippen LogP contribution in [0.3, 0.4) is 0 Å². The van der Waals surface area contributed by atoms with Crippen molar-refractivity contribution in [2.75, 3.05) is 11.1 Å². The number of carbonyl (C=O) groups excluding carboxylic acids is 1. The highest BCUT2D eigenvalue weighted by molar-refractivity contribution is 7.99. The highest BCUT2D eigenvalue weighted by Gasteiger charge is 2.17. The van der Waals surface area contributed by atoms with Crippen LogP contribution in [0.4, 0.5) is 5.13 Å². The molecule has 3 heterocycles. The van der Waals surface area contributed by atoms with Crippen LogP contribution in [0.5, 0.6) is 0 Å². The van der Waals surface area contributed by atoms with E-state index in [0.29, 0.717) is 33.5 Å². The number of anilines is 1. The number of fused-ring (bicyclic) bond motifs is 3. The number of amides is 1. The largest absolute Gasteiger partial charge is 0.300 e. The SMILES string of the molecule is C=CCn1c(=O)c2ccccc2n2c(SCC(=O)Nc3nncs3)nnc12. The summed E-state index contributed by atoms with van der Waals surface area (Å²) in [7, 11) is 0. The third kappa shape index (κ3) is 3.22. The predicted molar refractivity (Wildman–Crippen MR) is 104 cm³/mol. The van der Waals surface area contributed by atoms with E-state index in [1.807, 2.05) is 12.1 Å². The van der Waals surface area contributed by atoms with Crippen LogP contribution in [-0.2, 0) is 11.3 Å². The van der Waals surface area contributed by atoms with Crippen molar-refractivity contribution in [3.05, 3.63) is 52.8 Å². The third-order valence-electron chi connectivity index (χ3n) is 3.73. The topological polar surface area (TPSA) is 107 Å². The number of para-hydroxylation sites is 1. The predicted octanol–water partition coefficient (Wildman–Crippen LogP) is 1.81. The molecule has 11 heteroatoms. The summed E-state index contributed by atoms with van der Waals surface area (Å²) < 4.78 is 3.29. The first kappa shape index (κ1) is 17.4. The van der Waals surface area contributed by atoms with Crippen molar-refractivity contribution in [3.8, 4) is 0 Å². The van der Waals surface area contributed by atoms with Gasteiger partial charge in [0, 0.05) is 6.54 Å². The van der Waals surface area contributed by atoms with Crippen molar-refractivity contribution in [2.45, 2.75) is 11.7 Å². The smallest absolute Gasteiger partial charge is 0.263 e. The van der Waals surface area contributed by atoms with Gasteiger partial charge in [0.15, 0.2) is 5.16 Å².